The Kier molecular flexibility index (Phi) is 7.65. The van der Waals surface area contributed by atoms with Crippen molar-refractivity contribution >= 4 is 23.1 Å². The summed E-state index contributed by atoms with van der Waals surface area (Å²) in [5.41, 5.74) is 6.92. The van der Waals surface area contributed by atoms with E-state index < -0.39 is 0 Å². The molecule has 3 aromatic rings. The predicted octanol–water partition coefficient (Wildman–Crippen LogP) is 6.38. The molecule has 1 aliphatic rings. The standard InChI is InChI=1S/C28H40N6O/c1-8-21-13-19(5)27(30-26-15-20(6)32-33-26)31-28(21)29-24-14-18(4)23(16-25(24)35-17(2)3)22-9-11-34(7)12-10-22/h13-17,22H,8-12H2,1-7H3,(H3,29,30,31,32,33). The van der Waals surface area contributed by atoms with Crippen molar-refractivity contribution in [1.29, 1.82) is 0 Å². The van der Waals surface area contributed by atoms with Gasteiger partial charge in [-0.1, -0.05) is 6.92 Å². The molecule has 2 aromatic heterocycles. The highest BCUT2D eigenvalue weighted by molar-refractivity contribution is 5.71. The van der Waals surface area contributed by atoms with E-state index in [0.29, 0.717) is 5.92 Å². The van der Waals surface area contributed by atoms with Gasteiger partial charge in [0.1, 0.15) is 17.4 Å². The molecule has 3 heterocycles. The Labute approximate surface area is 209 Å². The van der Waals surface area contributed by atoms with E-state index >= 15 is 0 Å². The number of likely N-dealkylation sites (tertiary alicyclic amines) is 1. The second-order valence-corrected chi connectivity index (χ2v) is 10.2. The Morgan fingerprint density at radius 1 is 1.03 bits per heavy atom. The zero-order valence-electron chi connectivity index (χ0n) is 22.2. The van der Waals surface area contributed by atoms with Crippen LogP contribution in [0, 0.1) is 20.8 Å². The van der Waals surface area contributed by atoms with Crippen molar-refractivity contribution < 1.29 is 4.74 Å². The maximum absolute atomic E-state index is 6.32. The lowest BCUT2D eigenvalue weighted by molar-refractivity contribution is 0.241. The molecule has 0 radical (unpaired) electrons. The number of H-pyrrole nitrogens is 1. The summed E-state index contributed by atoms with van der Waals surface area (Å²) in [6, 6.07) is 8.66. The van der Waals surface area contributed by atoms with Crippen molar-refractivity contribution in [3.63, 3.8) is 0 Å². The fourth-order valence-corrected chi connectivity index (χ4v) is 4.82. The van der Waals surface area contributed by atoms with Gasteiger partial charge in [-0.2, -0.15) is 5.10 Å². The van der Waals surface area contributed by atoms with E-state index in [0.717, 1.165) is 59.7 Å². The topological polar surface area (TPSA) is 78.1 Å². The highest BCUT2D eigenvalue weighted by Gasteiger charge is 2.22. The summed E-state index contributed by atoms with van der Waals surface area (Å²) in [6.07, 6.45) is 3.34. The zero-order valence-corrected chi connectivity index (χ0v) is 22.2. The van der Waals surface area contributed by atoms with E-state index in [9.17, 15) is 0 Å². The number of aromatic nitrogens is 3. The van der Waals surface area contributed by atoms with Crippen LogP contribution in [0.25, 0.3) is 0 Å². The minimum Gasteiger partial charge on any atom is -0.489 e. The van der Waals surface area contributed by atoms with Crippen LogP contribution in [-0.2, 0) is 6.42 Å². The van der Waals surface area contributed by atoms with Crippen molar-refractivity contribution in [2.24, 2.45) is 0 Å². The smallest absolute Gasteiger partial charge is 0.153 e. The molecule has 35 heavy (non-hydrogen) atoms. The largest absolute Gasteiger partial charge is 0.489 e. The lowest BCUT2D eigenvalue weighted by atomic mass is 9.86. The number of nitrogens with zero attached hydrogens (tertiary/aromatic N) is 3. The molecule has 1 saturated heterocycles. The van der Waals surface area contributed by atoms with Crippen LogP contribution in [0.4, 0.5) is 23.1 Å². The highest BCUT2D eigenvalue weighted by atomic mass is 16.5. The molecule has 0 saturated carbocycles. The zero-order chi connectivity index (χ0) is 25.1. The van der Waals surface area contributed by atoms with E-state index in [1.165, 1.54) is 29.5 Å². The van der Waals surface area contributed by atoms with Gasteiger partial charge in [-0.3, -0.25) is 5.10 Å². The molecular formula is C28H40N6O. The molecule has 3 N–H and O–H groups in total. The maximum Gasteiger partial charge on any atom is 0.153 e. The molecule has 0 unspecified atom stereocenters. The molecule has 0 amide bonds. The fraction of sp³-hybridized carbons (Fsp3) is 0.500. The highest BCUT2D eigenvalue weighted by Crippen LogP contribution is 2.38. The molecule has 188 valence electrons. The predicted molar refractivity (Wildman–Crippen MR) is 145 cm³/mol. The van der Waals surface area contributed by atoms with Gasteiger partial charge in [0.15, 0.2) is 5.82 Å². The number of hydrogen-bond acceptors (Lipinski definition) is 6. The number of ether oxygens (including phenoxy) is 1. The van der Waals surface area contributed by atoms with Gasteiger partial charge in [-0.25, -0.2) is 4.98 Å². The normalized spacial score (nSPS) is 15.0. The molecule has 1 fully saturated rings. The van der Waals surface area contributed by atoms with Crippen LogP contribution >= 0.6 is 0 Å². The summed E-state index contributed by atoms with van der Waals surface area (Å²) in [7, 11) is 2.21. The first-order valence-corrected chi connectivity index (χ1v) is 12.8. The minimum atomic E-state index is 0.0837. The number of hydrogen-bond donors (Lipinski definition) is 3. The van der Waals surface area contributed by atoms with Crippen molar-refractivity contribution in [1.82, 2.24) is 20.1 Å². The third kappa shape index (κ3) is 5.96. The lowest BCUT2D eigenvalue weighted by Crippen LogP contribution is -2.29. The van der Waals surface area contributed by atoms with Gasteiger partial charge in [0, 0.05) is 11.8 Å². The summed E-state index contributed by atoms with van der Waals surface area (Å²) in [6.45, 7) is 14.9. The van der Waals surface area contributed by atoms with E-state index in [2.05, 4.69) is 85.6 Å². The third-order valence-electron chi connectivity index (χ3n) is 6.77. The fourth-order valence-electron chi connectivity index (χ4n) is 4.82. The number of pyridine rings is 1. The molecule has 1 aromatic carbocycles. The molecule has 0 aliphatic carbocycles. The molecule has 4 rings (SSSR count). The number of rotatable bonds is 8. The SMILES string of the molecule is CCc1cc(C)c(Nc2cc(C)[nH]n2)nc1Nc1cc(C)c(C2CCN(C)CC2)cc1OC(C)C. The monoisotopic (exact) mass is 476 g/mol. The van der Waals surface area contributed by atoms with Crippen LogP contribution in [0.1, 0.15) is 67.5 Å². The Balaban J connectivity index is 1.68. The Hall–Kier alpha value is -3.06. The summed E-state index contributed by atoms with van der Waals surface area (Å²) in [5, 5.41) is 14.3. The number of aromatic amines is 1. The minimum absolute atomic E-state index is 0.0837. The second-order valence-electron chi connectivity index (χ2n) is 10.2. The van der Waals surface area contributed by atoms with Crippen LogP contribution in [0.2, 0.25) is 0 Å². The average Bonchev–Trinajstić information content (AvgIpc) is 3.22. The van der Waals surface area contributed by atoms with Gasteiger partial charge >= 0.3 is 0 Å². The summed E-state index contributed by atoms with van der Waals surface area (Å²) < 4.78 is 6.32. The van der Waals surface area contributed by atoms with Crippen molar-refractivity contribution in [2.45, 2.75) is 72.8 Å². The maximum atomic E-state index is 6.32. The molecule has 0 spiro atoms. The van der Waals surface area contributed by atoms with Gasteiger partial charge in [-0.05, 0) is 120 Å². The number of anilines is 4. The summed E-state index contributed by atoms with van der Waals surface area (Å²) in [5.74, 6) is 3.86. The molecule has 0 bridgehead atoms. The van der Waals surface area contributed by atoms with Crippen molar-refractivity contribution in [3.8, 4) is 5.75 Å². The molecule has 1 aliphatic heterocycles. The Bertz CT molecular complexity index is 1160. The van der Waals surface area contributed by atoms with Crippen LogP contribution in [0.3, 0.4) is 0 Å². The van der Waals surface area contributed by atoms with Gasteiger partial charge in [0.2, 0.25) is 0 Å². The van der Waals surface area contributed by atoms with Gasteiger partial charge in [-0.15, -0.1) is 0 Å². The molecule has 7 nitrogen and oxygen atoms in total. The number of aryl methyl sites for hydroxylation is 4. The number of nitrogens with one attached hydrogen (secondary N) is 3. The lowest BCUT2D eigenvalue weighted by Gasteiger charge is -2.31. The first kappa shape index (κ1) is 25.0. The summed E-state index contributed by atoms with van der Waals surface area (Å²) >= 11 is 0. The molecular weight excluding hydrogens is 436 g/mol. The van der Waals surface area contributed by atoms with Crippen molar-refractivity contribution in [2.75, 3.05) is 30.8 Å². The first-order valence-electron chi connectivity index (χ1n) is 12.8. The van der Waals surface area contributed by atoms with Crippen LogP contribution in [0.5, 0.6) is 5.75 Å². The Morgan fingerprint density at radius 3 is 2.40 bits per heavy atom. The number of benzene rings is 1. The van der Waals surface area contributed by atoms with Gasteiger partial charge < -0.3 is 20.3 Å². The van der Waals surface area contributed by atoms with E-state index in [4.69, 9.17) is 9.72 Å². The third-order valence-corrected chi connectivity index (χ3v) is 6.77. The van der Waals surface area contributed by atoms with Gasteiger partial charge in [0.25, 0.3) is 0 Å². The quantitative estimate of drug-likeness (QED) is 0.350. The molecule has 7 heteroatoms. The van der Waals surface area contributed by atoms with Gasteiger partial charge in [0.05, 0.1) is 11.8 Å². The number of piperidine rings is 1. The van der Waals surface area contributed by atoms with E-state index in [1.54, 1.807) is 0 Å². The Morgan fingerprint density at radius 2 is 1.77 bits per heavy atom. The van der Waals surface area contributed by atoms with Crippen LogP contribution in [-0.4, -0.2) is 46.3 Å². The second kappa shape index (κ2) is 10.7. The van der Waals surface area contributed by atoms with Crippen molar-refractivity contribution in [3.05, 3.63) is 52.2 Å². The summed E-state index contributed by atoms with van der Waals surface area (Å²) in [4.78, 5) is 7.39. The van der Waals surface area contributed by atoms with Crippen LogP contribution in [0.15, 0.2) is 24.3 Å². The van der Waals surface area contributed by atoms with E-state index in [-0.39, 0.29) is 6.10 Å². The van der Waals surface area contributed by atoms with E-state index in [1.807, 2.05) is 13.0 Å². The average molecular weight is 477 g/mol. The molecule has 0 atom stereocenters. The first-order chi connectivity index (χ1) is 16.7. The van der Waals surface area contributed by atoms with Crippen LogP contribution < -0.4 is 15.4 Å².